The first kappa shape index (κ1) is 13.5. The van der Waals surface area contributed by atoms with Crippen molar-refractivity contribution in [2.24, 2.45) is 7.05 Å². The van der Waals surface area contributed by atoms with Gasteiger partial charge < -0.3 is 9.64 Å². The van der Waals surface area contributed by atoms with E-state index in [-0.39, 0.29) is 12.0 Å². The summed E-state index contributed by atoms with van der Waals surface area (Å²) in [6.07, 6.45) is 3.62. The van der Waals surface area contributed by atoms with Crippen LogP contribution >= 0.6 is 0 Å². The summed E-state index contributed by atoms with van der Waals surface area (Å²) < 4.78 is 7.27. The number of pyridine rings is 1. The Hall–Kier alpha value is -2.46. The highest BCUT2D eigenvalue weighted by atomic mass is 16.5. The van der Waals surface area contributed by atoms with Gasteiger partial charge in [0.05, 0.1) is 23.3 Å². The van der Waals surface area contributed by atoms with Crippen LogP contribution in [0, 0.1) is 11.3 Å². The topological polar surface area (TPSA) is 79.9 Å². The Kier molecular flexibility index (Phi) is 3.54. The van der Waals surface area contributed by atoms with Crippen molar-refractivity contribution in [2.45, 2.75) is 12.0 Å². The van der Waals surface area contributed by atoms with Crippen molar-refractivity contribution in [2.75, 3.05) is 25.1 Å². The molecule has 7 heteroatoms. The largest absolute Gasteiger partial charge is 0.379 e. The number of anilines is 1. The number of aromatic nitrogens is 4. The highest BCUT2D eigenvalue weighted by Crippen LogP contribution is 2.31. The van der Waals surface area contributed by atoms with Crippen LogP contribution in [0.4, 0.5) is 5.82 Å². The third kappa shape index (κ3) is 2.45. The van der Waals surface area contributed by atoms with Crippen LogP contribution in [-0.2, 0) is 11.8 Å². The molecule has 0 radical (unpaired) electrons. The Morgan fingerprint density at radius 2 is 2.29 bits per heavy atom. The van der Waals surface area contributed by atoms with Gasteiger partial charge >= 0.3 is 0 Å². The van der Waals surface area contributed by atoms with Crippen molar-refractivity contribution in [3.8, 4) is 6.07 Å². The van der Waals surface area contributed by atoms with E-state index >= 15 is 0 Å². The fraction of sp³-hybridized carbons (Fsp3) is 0.429. The first-order chi connectivity index (χ1) is 10.2. The molecule has 1 aliphatic rings. The maximum atomic E-state index is 9.21. The summed E-state index contributed by atoms with van der Waals surface area (Å²) in [6, 6.07) is 5.73. The molecule has 0 N–H and O–H groups in total. The molecule has 0 aromatic carbocycles. The average molecular weight is 284 g/mol. The molecule has 0 unspecified atom stereocenters. The summed E-state index contributed by atoms with van der Waals surface area (Å²) in [5, 5.41) is 17.4. The zero-order chi connectivity index (χ0) is 14.8. The van der Waals surface area contributed by atoms with Crippen LogP contribution in [0.1, 0.15) is 17.2 Å². The van der Waals surface area contributed by atoms with Crippen molar-refractivity contribution in [1.29, 1.82) is 5.26 Å². The van der Waals surface area contributed by atoms with Crippen molar-refractivity contribution in [3.63, 3.8) is 0 Å². The van der Waals surface area contributed by atoms with E-state index in [0.717, 1.165) is 5.69 Å². The van der Waals surface area contributed by atoms with E-state index in [1.54, 1.807) is 30.1 Å². The Morgan fingerprint density at radius 1 is 1.43 bits per heavy atom. The number of methoxy groups -OCH3 is 1. The van der Waals surface area contributed by atoms with Gasteiger partial charge in [-0.15, -0.1) is 5.10 Å². The molecule has 2 atom stereocenters. The predicted octanol–water partition coefficient (Wildman–Crippen LogP) is 0.701. The van der Waals surface area contributed by atoms with Crippen LogP contribution in [-0.4, -0.2) is 46.3 Å². The second kappa shape index (κ2) is 5.50. The quantitative estimate of drug-likeness (QED) is 0.825. The monoisotopic (exact) mass is 284 g/mol. The lowest BCUT2D eigenvalue weighted by atomic mass is 10.0. The minimum absolute atomic E-state index is 0.00949. The van der Waals surface area contributed by atoms with Gasteiger partial charge in [0, 0.05) is 39.6 Å². The molecule has 0 aliphatic carbocycles. The van der Waals surface area contributed by atoms with E-state index < -0.39 is 0 Å². The minimum Gasteiger partial charge on any atom is -0.379 e. The number of hydrogen-bond donors (Lipinski definition) is 0. The van der Waals surface area contributed by atoms with Gasteiger partial charge in [0.15, 0.2) is 0 Å². The smallest absolute Gasteiger partial charge is 0.146 e. The van der Waals surface area contributed by atoms with Gasteiger partial charge in [0.1, 0.15) is 11.9 Å². The summed E-state index contributed by atoms with van der Waals surface area (Å²) in [5.41, 5.74) is 1.48. The lowest BCUT2D eigenvalue weighted by Crippen LogP contribution is -2.24. The van der Waals surface area contributed by atoms with E-state index in [1.807, 2.05) is 13.2 Å². The molecule has 7 nitrogen and oxygen atoms in total. The first-order valence-corrected chi connectivity index (χ1v) is 6.72. The Bertz CT molecular complexity index is 676. The summed E-state index contributed by atoms with van der Waals surface area (Å²) in [7, 11) is 3.54. The van der Waals surface area contributed by atoms with Crippen LogP contribution in [0.2, 0.25) is 0 Å². The fourth-order valence-electron chi connectivity index (χ4n) is 2.74. The molecule has 0 amide bonds. The first-order valence-electron chi connectivity index (χ1n) is 6.72. The van der Waals surface area contributed by atoms with E-state index in [2.05, 4.69) is 26.3 Å². The molecule has 0 spiro atoms. The lowest BCUT2D eigenvalue weighted by Gasteiger charge is -2.17. The van der Waals surface area contributed by atoms with Crippen molar-refractivity contribution >= 4 is 5.82 Å². The number of nitriles is 1. The third-order valence-corrected chi connectivity index (χ3v) is 3.78. The normalized spacial score (nSPS) is 21.5. The number of hydrogen-bond acceptors (Lipinski definition) is 6. The van der Waals surface area contributed by atoms with Gasteiger partial charge in [0.2, 0.25) is 0 Å². The van der Waals surface area contributed by atoms with E-state index in [0.29, 0.717) is 24.5 Å². The van der Waals surface area contributed by atoms with Crippen LogP contribution in [0.15, 0.2) is 24.5 Å². The maximum Gasteiger partial charge on any atom is 0.146 e. The van der Waals surface area contributed by atoms with E-state index in [9.17, 15) is 5.26 Å². The molecule has 108 valence electrons. The van der Waals surface area contributed by atoms with Crippen LogP contribution in [0.3, 0.4) is 0 Å². The number of nitrogens with zero attached hydrogens (tertiary/aromatic N) is 6. The minimum atomic E-state index is 0.00949. The summed E-state index contributed by atoms with van der Waals surface area (Å²) >= 11 is 0. The van der Waals surface area contributed by atoms with Gasteiger partial charge in [-0.2, -0.15) is 5.26 Å². The average Bonchev–Trinajstić information content (AvgIpc) is 3.12. The van der Waals surface area contributed by atoms with Crippen LogP contribution in [0.5, 0.6) is 0 Å². The molecule has 1 saturated heterocycles. The van der Waals surface area contributed by atoms with Crippen molar-refractivity contribution in [3.05, 3.63) is 35.8 Å². The molecule has 3 rings (SSSR count). The summed E-state index contributed by atoms with van der Waals surface area (Å²) in [4.78, 5) is 6.42. The third-order valence-electron chi connectivity index (χ3n) is 3.78. The Balaban J connectivity index is 1.89. The maximum absolute atomic E-state index is 9.21. The standard InChI is InChI=1S/C14H16N6O/c1-19-8-12(17-18-19)11-7-20(9-13(11)21-2)14-10(6-15)4-3-5-16-14/h3-5,8,11,13H,7,9H2,1-2H3/t11-,13+/m0/s1. The summed E-state index contributed by atoms with van der Waals surface area (Å²) in [5.74, 6) is 0.825. The van der Waals surface area contributed by atoms with Gasteiger partial charge in [-0.3, -0.25) is 4.68 Å². The highest BCUT2D eigenvalue weighted by molar-refractivity contribution is 5.54. The SMILES string of the molecule is CO[C@@H]1CN(c2ncccc2C#N)C[C@H]1c1cn(C)nn1. The molecule has 0 bridgehead atoms. The molecule has 3 heterocycles. The predicted molar refractivity (Wildman–Crippen MR) is 75.7 cm³/mol. The molecule has 0 saturated carbocycles. The molecule has 1 aliphatic heterocycles. The van der Waals surface area contributed by atoms with Crippen molar-refractivity contribution < 1.29 is 4.74 Å². The second-order valence-electron chi connectivity index (χ2n) is 5.09. The van der Waals surface area contributed by atoms with Gasteiger partial charge in [-0.1, -0.05) is 5.21 Å². The molecular formula is C14H16N6O. The Labute approximate surface area is 122 Å². The van der Waals surface area contributed by atoms with Gasteiger partial charge in [-0.05, 0) is 12.1 Å². The second-order valence-corrected chi connectivity index (χ2v) is 5.09. The fourth-order valence-corrected chi connectivity index (χ4v) is 2.74. The van der Waals surface area contributed by atoms with Gasteiger partial charge in [0.25, 0.3) is 0 Å². The van der Waals surface area contributed by atoms with Crippen molar-refractivity contribution in [1.82, 2.24) is 20.0 Å². The lowest BCUT2D eigenvalue weighted by molar-refractivity contribution is 0.105. The number of ether oxygens (including phenoxy) is 1. The number of rotatable bonds is 3. The van der Waals surface area contributed by atoms with Crippen LogP contribution in [0.25, 0.3) is 0 Å². The molecule has 21 heavy (non-hydrogen) atoms. The number of aryl methyl sites for hydroxylation is 1. The van der Waals surface area contributed by atoms with Crippen LogP contribution < -0.4 is 4.90 Å². The van der Waals surface area contributed by atoms with Gasteiger partial charge in [-0.25, -0.2) is 4.98 Å². The molecular weight excluding hydrogens is 268 g/mol. The summed E-state index contributed by atoms with van der Waals surface area (Å²) in [6.45, 7) is 1.40. The highest BCUT2D eigenvalue weighted by Gasteiger charge is 2.37. The molecule has 1 fully saturated rings. The zero-order valence-electron chi connectivity index (χ0n) is 12.0. The zero-order valence-corrected chi connectivity index (χ0v) is 12.0. The Morgan fingerprint density at radius 3 is 2.95 bits per heavy atom. The van der Waals surface area contributed by atoms with E-state index in [1.165, 1.54) is 0 Å². The molecule has 2 aromatic heterocycles. The molecule has 2 aromatic rings. The van der Waals surface area contributed by atoms with E-state index in [4.69, 9.17) is 4.74 Å².